The Morgan fingerprint density at radius 3 is 2.41 bits per heavy atom. The zero-order valence-corrected chi connectivity index (χ0v) is 15.8. The summed E-state index contributed by atoms with van der Waals surface area (Å²) in [6.07, 6.45) is 1.49. The van der Waals surface area contributed by atoms with Crippen LogP contribution in [-0.2, 0) is 6.61 Å². The maximum atomic E-state index is 12.3. The Morgan fingerprint density at radius 2 is 1.72 bits per heavy atom. The van der Waals surface area contributed by atoms with Crippen LogP contribution in [0.25, 0.3) is 11.3 Å². The topological polar surface area (TPSA) is 77.2 Å². The normalized spacial score (nSPS) is 10.5. The van der Waals surface area contributed by atoms with Gasteiger partial charge in [-0.1, -0.05) is 53.7 Å². The molecular weight excluding hydrogens is 366 g/mol. The van der Waals surface area contributed by atoms with Crippen LogP contribution in [0.1, 0.15) is 21.7 Å². The van der Waals surface area contributed by atoms with Crippen molar-refractivity contribution in [1.82, 2.24) is 10.1 Å². The molecular formula is C23H19N3O3. The van der Waals surface area contributed by atoms with Crippen molar-refractivity contribution in [2.24, 2.45) is 0 Å². The molecule has 0 atom stereocenters. The second-order valence-electron chi connectivity index (χ2n) is 6.43. The molecule has 0 saturated carbocycles. The first kappa shape index (κ1) is 18.4. The zero-order chi connectivity index (χ0) is 20.1. The maximum absolute atomic E-state index is 12.3. The van der Waals surface area contributed by atoms with Gasteiger partial charge in [-0.2, -0.15) is 0 Å². The van der Waals surface area contributed by atoms with E-state index in [9.17, 15) is 4.79 Å². The van der Waals surface area contributed by atoms with Gasteiger partial charge in [-0.25, -0.2) is 4.98 Å². The van der Waals surface area contributed by atoms with E-state index in [1.165, 1.54) is 6.20 Å². The highest BCUT2D eigenvalue weighted by molar-refractivity contribution is 6.04. The van der Waals surface area contributed by atoms with Gasteiger partial charge in [-0.05, 0) is 25.1 Å². The van der Waals surface area contributed by atoms with Crippen LogP contribution in [0.5, 0.6) is 5.88 Å². The molecule has 0 radical (unpaired) electrons. The van der Waals surface area contributed by atoms with E-state index in [4.69, 9.17) is 9.26 Å². The van der Waals surface area contributed by atoms with Crippen molar-refractivity contribution in [2.75, 3.05) is 5.32 Å². The number of anilines is 1. The standard InChI is InChI=1S/C23H19N3O3/c1-16-20(22(26-29-16)17-8-4-2-5-9-17)15-28-21-13-12-18(14-24-21)23(27)25-19-10-6-3-7-11-19/h2-14H,15H2,1H3,(H,25,27). The Hall–Kier alpha value is -3.93. The summed E-state index contributed by atoms with van der Waals surface area (Å²) < 4.78 is 11.1. The van der Waals surface area contributed by atoms with E-state index < -0.39 is 0 Å². The number of para-hydroxylation sites is 1. The number of amides is 1. The van der Waals surface area contributed by atoms with Gasteiger partial charge >= 0.3 is 0 Å². The molecule has 2 aromatic heterocycles. The number of aryl methyl sites for hydroxylation is 1. The minimum Gasteiger partial charge on any atom is -0.473 e. The van der Waals surface area contributed by atoms with Gasteiger partial charge < -0.3 is 14.6 Å². The van der Waals surface area contributed by atoms with Gasteiger partial charge in [0.2, 0.25) is 5.88 Å². The number of benzene rings is 2. The van der Waals surface area contributed by atoms with E-state index in [-0.39, 0.29) is 12.5 Å². The third kappa shape index (κ3) is 4.32. The number of hydrogen-bond donors (Lipinski definition) is 1. The maximum Gasteiger partial charge on any atom is 0.257 e. The summed E-state index contributed by atoms with van der Waals surface area (Å²) in [4.78, 5) is 16.5. The van der Waals surface area contributed by atoms with E-state index in [0.29, 0.717) is 17.2 Å². The Labute approximate surface area is 168 Å². The van der Waals surface area contributed by atoms with Crippen molar-refractivity contribution in [2.45, 2.75) is 13.5 Å². The number of nitrogens with zero attached hydrogens (tertiary/aromatic N) is 2. The molecule has 1 amide bonds. The van der Waals surface area contributed by atoms with Gasteiger partial charge in [0.15, 0.2) is 0 Å². The highest BCUT2D eigenvalue weighted by atomic mass is 16.5. The molecule has 29 heavy (non-hydrogen) atoms. The van der Waals surface area contributed by atoms with E-state index in [2.05, 4.69) is 15.5 Å². The molecule has 0 fully saturated rings. The van der Waals surface area contributed by atoms with E-state index in [1.54, 1.807) is 12.1 Å². The smallest absolute Gasteiger partial charge is 0.257 e. The Kier molecular flexibility index (Phi) is 5.33. The van der Waals surface area contributed by atoms with Crippen molar-refractivity contribution in [3.05, 3.63) is 95.9 Å². The average Bonchev–Trinajstić information content (AvgIpc) is 3.14. The minimum atomic E-state index is -0.225. The predicted octanol–water partition coefficient (Wildman–Crippen LogP) is 4.88. The largest absolute Gasteiger partial charge is 0.473 e. The van der Waals surface area contributed by atoms with Crippen LogP contribution in [0.4, 0.5) is 5.69 Å². The third-order valence-corrected chi connectivity index (χ3v) is 4.43. The monoisotopic (exact) mass is 385 g/mol. The lowest BCUT2D eigenvalue weighted by molar-refractivity contribution is 0.102. The number of ether oxygens (including phenoxy) is 1. The minimum absolute atomic E-state index is 0.225. The average molecular weight is 385 g/mol. The molecule has 2 heterocycles. The number of aromatic nitrogens is 2. The van der Waals surface area contributed by atoms with Crippen LogP contribution in [-0.4, -0.2) is 16.0 Å². The lowest BCUT2D eigenvalue weighted by Gasteiger charge is -2.08. The number of nitrogens with one attached hydrogen (secondary N) is 1. The molecule has 6 nitrogen and oxygen atoms in total. The zero-order valence-electron chi connectivity index (χ0n) is 15.8. The van der Waals surface area contributed by atoms with Crippen LogP contribution in [0.15, 0.2) is 83.5 Å². The van der Waals surface area contributed by atoms with Crippen LogP contribution < -0.4 is 10.1 Å². The van der Waals surface area contributed by atoms with Gasteiger partial charge in [0.1, 0.15) is 18.1 Å². The van der Waals surface area contributed by atoms with Gasteiger partial charge in [0.05, 0.1) is 11.1 Å². The summed E-state index contributed by atoms with van der Waals surface area (Å²) in [6, 6.07) is 22.4. The molecule has 0 saturated heterocycles. The highest BCUT2D eigenvalue weighted by Gasteiger charge is 2.15. The van der Waals surface area contributed by atoms with Crippen LogP contribution in [0.2, 0.25) is 0 Å². The molecule has 0 aliphatic heterocycles. The lowest BCUT2D eigenvalue weighted by atomic mass is 10.1. The fourth-order valence-electron chi connectivity index (χ4n) is 2.85. The molecule has 144 valence electrons. The lowest BCUT2D eigenvalue weighted by Crippen LogP contribution is -2.12. The fraction of sp³-hybridized carbons (Fsp3) is 0.0870. The second-order valence-corrected chi connectivity index (χ2v) is 6.43. The van der Waals surface area contributed by atoms with Crippen LogP contribution >= 0.6 is 0 Å². The molecule has 4 aromatic rings. The van der Waals surface area contributed by atoms with Gasteiger partial charge in [0, 0.05) is 23.5 Å². The Balaban J connectivity index is 1.43. The number of carbonyl (C=O) groups excluding carboxylic acids is 1. The highest BCUT2D eigenvalue weighted by Crippen LogP contribution is 2.26. The first-order chi connectivity index (χ1) is 14.2. The molecule has 0 aliphatic rings. The van der Waals surface area contributed by atoms with E-state index in [0.717, 1.165) is 22.5 Å². The van der Waals surface area contributed by atoms with E-state index in [1.807, 2.05) is 67.6 Å². The first-order valence-corrected chi connectivity index (χ1v) is 9.16. The number of hydrogen-bond acceptors (Lipinski definition) is 5. The molecule has 4 rings (SSSR count). The number of pyridine rings is 1. The summed E-state index contributed by atoms with van der Waals surface area (Å²) in [6.45, 7) is 2.12. The van der Waals surface area contributed by atoms with Crippen LogP contribution in [0.3, 0.4) is 0 Å². The van der Waals surface area contributed by atoms with Gasteiger partial charge in [0.25, 0.3) is 5.91 Å². The van der Waals surface area contributed by atoms with E-state index >= 15 is 0 Å². The van der Waals surface area contributed by atoms with Crippen molar-refractivity contribution < 1.29 is 14.1 Å². The summed E-state index contributed by atoms with van der Waals surface area (Å²) >= 11 is 0. The molecule has 0 bridgehead atoms. The van der Waals surface area contributed by atoms with Crippen molar-refractivity contribution in [1.29, 1.82) is 0 Å². The van der Waals surface area contributed by atoms with Gasteiger partial charge in [-0.15, -0.1) is 0 Å². The van der Waals surface area contributed by atoms with Gasteiger partial charge in [-0.3, -0.25) is 4.79 Å². The summed E-state index contributed by atoms with van der Waals surface area (Å²) in [5, 5.41) is 6.97. The molecule has 1 N–H and O–H groups in total. The third-order valence-electron chi connectivity index (χ3n) is 4.43. The van der Waals surface area contributed by atoms with Crippen molar-refractivity contribution >= 4 is 11.6 Å². The Bertz CT molecular complexity index is 1090. The molecule has 0 spiro atoms. The SMILES string of the molecule is Cc1onc(-c2ccccc2)c1COc1ccc(C(=O)Nc2ccccc2)cn1. The molecule has 6 heteroatoms. The molecule has 2 aromatic carbocycles. The fourth-order valence-corrected chi connectivity index (χ4v) is 2.85. The summed E-state index contributed by atoms with van der Waals surface area (Å²) in [5.41, 5.74) is 3.76. The number of rotatable bonds is 6. The van der Waals surface area contributed by atoms with Crippen LogP contribution in [0, 0.1) is 6.92 Å². The molecule has 0 unspecified atom stereocenters. The second kappa shape index (κ2) is 8.39. The Morgan fingerprint density at radius 1 is 1.00 bits per heavy atom. The van der Waals surface area contributed by atoms with Crippen molar-refractivity contribution in [3.63, 3.8) is 0 Å². The quantitative estimate of drug-likeness (QED) is 0.512. The summed E-state index contributed by atoms with van der Waals surface area (Å²) in [5.74, 6) is 0.889. The molecule has 0 aliphatic carbocycles. The van der Waals surface area contributed by atoms with Crippen molar-refractivity contribution in [3.8, 4) is 17.1 Å². The predicted molar refractivity (Wildman–Crippen MR) is 110 cm³/mol. The summed E-state index contributed by atoms with van der Waals surface area (Å²) in [7, 11) is 0. The first-order valence-electron chi connectivity index (χ1n) is 9.16. The number of carbonyl (C=O) groups is 1.